The summed E-state index contributed by atoms with van der Waals surface area (Å²) in [4.78, 5) is 12.0. The first-order valence-corrected chi connectivity index (χ1v) is 7.89. The van der Waals surface area contributed by atoms with Gasteiger partial charge in [-0.2, -0.15) is 0 Å². The van der Waals surface area contributed by atoms with E-state index in [1.165, 1.54) is 24.3 Å². The lowest BCUT2D eigenvalue weighted by atomic mass is 10.1. The highest BCUT2D eigenvalue weighted by Crippen LogP contribution is 2.30. The average molecular weight is 367 g/mol. The molecule has 0 saturated heterocycles. The minimum absolute atomic E-state index is 0.0382. The van der Waals surface area contributed by atoms with Gasteiger partial charge >= 0.3 is 6.36 Å². The highest BCUT2D eigenvalue weighted by Gasteiger charge is 2.31. The Kier molecular flexibility index (Phi) is 5.20. The van der Waals surface area contributed by atoms with Gasteiger partial charge in [-0.05, 0) is 29.8 Å². The van der Waals surface area contributed by atoms with Crippen LogP contribution >= 0.6 is 0 Å². The van der Waals surface area contributed by atoms with Crippen molar-refractivity contribution in [2.45, 2.75) is 18.9 Å². The predicted octanol–water partition coefficient (Wildman–Crippen LogP) is 3.08. The van der Waals surface area contributed by atoms with Crippen LogP contribution in [0, 0.1) is 0 Å². The SMILES string of the molecule is O=C(Cc1ccc(OC(F)(F)F)cc1)NC[C@@H]1COc2ccccc2O1. The van der Waals surface area contributed by atoms with Crippen LogP contribution in [0.25, 0.3) is 0 Å². The molecular weight excluding hydrogens is 351 g/mol. The zero-order chi connectivity index (χ0) is 18.6. The molecule has 0 spiro atoms. The molecule has 3 rings (SSSR count). The summed E-state index contributed by atoms with van der Waals surface area (Å²) in [6.45, 7) is 0.587. The second kappa shape index (κ2) is 7.55. The molecule has 2 aromatic carbocycles. The zero-order valence-electron chi connectivity index (χ0n) is 13.6. The molecule has 0 saturated carbocycles. The molecule has 0 aliphatic carbocycles. The highest BCUT2D eigenvalue weighted by atomic mass is 19.4. The number of carbonyl (C=O) groups excluding carboxylic acids is 1. The number of fused-ring (bicyclic) bond motifs is 1. The molecule has 1 aliphatic heterocycles. The molecule has 26 heavy (non-hydrogen) atoms. The van der Waals surface area contributed by atoms with Gasteiger partial charge in [0.05, 0.1) is 13.0 Å². The van der Waals surface area contributed by atoms with E-state index < -0.39 is 6.36 Å². The van der Waals surface area contributed by atoms with E-state index in [0.29, 0.717) is 23.7 Å². The molecule has 1 N–H and O–H groups in total. The van der Waals surface area contributed by atoms with E-state index in [1.807, 2.05) is 12.1 Å². The Balaban J connectivity index is 1.46. The van der Waals surface area contributed by atoms with Crippen molar-refractivity contribution in [1.29, 1.82) is 0 Å². The third-order valence-corrected chi connectivity index (χ3v) is 3.62. The molecule has 0 fully saturated rings. The summed E-state index contributed by atoms with van der Waals surface area (Å²) in [5.41, 5.74) is 0.572. The molecule has 0 radical (unpaired) electrons. The molecule has 1 aliphatic rings. The van der Waals surface area contributed by atoms with Crippen molar-refractivity contribution < 1.29 is 32.2 Å². The fourth-order valence-corrected chi connectivity index (χ4v) is 2.45. The standard InChI is InChI=1S/C18H16F3NO4/c19-18(20,21)26-13-7-5-12(6-8-13)9-17(23)22-10-14-11-24-15-3-1-2-4-16(15)25-14/h1-8,14H,9-11H2,(H,22,23)/t14-/m1/s1. The van der Waals surface area contributed by atoms with Crippen LogP contribution in [0.1, 0.15) is 5.56 Å². The summed E-state index contributed by atoms with van der Waals surface area (Å²) < 4.78 is 51.4. The largest absolute Gasteiger partial charge is 0.573 e. The molecule has 5 nitrogen and oxygen atoms in total. The van der Waals surface area contributed by atoms with Crippen LogP contribution in [0.3, 0.4) is 0 Å². The van der Waals surface area contributed by atoms with Crippen LogP contribution in [0.4, 0.5) is 13.2 Å². The number of nitrogens with one attached hydrogen (secondary N) is 1. The average Bonchev–Trinajstić information content (AvgIpc) is 2.60. The number of amides is 1. The van der Waals surface area contributed by atoms with Gasteiger partial charge in [-0.1, -0.05) is 24.3 Å². The van der Waals surface area contributed by atoms with Crippen molar-refractivity contribution in [3.63, 3.8) is 0 Å². The Bertz CT molecular complexity index is 762. The fraction of sp³-hybridized carbons (Fsp3) is 0.278. The smallest absolute Gasteiger partial charge is 0.486 e. The maximum Gasteiger partial charge on any atom is 0.573 e. The Morgan fingerprint density at radius 3 is 2.50 bits per heavy atom. The van der Waals surface area contributed by atoms with Crippen molar-refractivity contribution in [1.82, 2.24) is 5.32 Å². The topological polar surface area (TPSA) is 56.8 Å². The molecule has 0 bridgehead atoms. The van der Waals surface area contributed by atoms with Gasteiger partial charge < -0.3 is 19.5 Å². The predicted molar refractivity (Wildman–Crippen MR) is 86.2 cm³/mol. The van der Waals surface area contributed by atoms with Gasteiger partial charge in [-0.25, -0.2) is 0 Å². The lowest BCUT2D eigenvalue weighted by Gasteiger charge is -2.26. The molecule has 1 amide bonds. The van der Waals surface area contributed by atoms with Crippen molar-refractivity contribution in [3.05, 3.63) is 54.1 Å². The maximum atomic E-state index is 12.1. The number of halogens is 3. The Morgan fingerprint density at radius 2 is 1.81 bits per heavy atom. The van der Waals surface area contributed by atoms with Gasteiger partial charge in [0.2, 0.25) is 5.91 Å². The molecule has 1 atom stereocenters. The molecule has 0 unspecified atom stereocenters. The Morgan fingerprint density at radius 1 is 1.12 bits per heavy atom. The minimum Gasteiger partial charge on any atom is -0.486 e. The summed E-state index contributed by atoms with van der Waals surface area (Å²) in [7, 11) is 0. The van der Waals surface area contributed by atoms with Crippen molar-refractivity contribution in [2.24, 2.45) is 0 Å². The first-order valence-electron chi connectivity index (χ1n) is 7.89. The van der Waals surface area contributed by atoms with Gasteiger partial charge in [0.1, 0.15) is 18.5 Å². The number of para-hydroxylation sites is 2. The second-order valence-corrected chi connectivity index (χ2v) is 5.67. The van der Waals surface area contributed by atoms with E-state index in [4.69, 9.17) is 9.47 Å². The number of ether oxygens (including phenoxy) is 3. The van der Waals surface area contributed by atoms with Gasteiger partial charge in [-0.15, -0.1) is 13.2 Å². The second-order valence-electron chi connectivity index (χ2n) is 5.67. The van der Waals surface area contributed by atoms with E-state index in [-0.39, 0.29) is 30.7 Å². The molecular formula is C18H16F3NO4. The third kappa shape index (κ3) is 5.05. The van der Waals surface area contributed by atoms with Crippen LogP contribution in [-0.4, -0.2) is 31.5 Å². The normalized spacial score (nSPS) is 16.0. The summed E-state index contributed by atoms with van der Waals surface area (Å²) in [5, 5.41) is 2.73. The van der Waals surface area contributed by atoms with Gasteiger partial charge in [0.25, 0.3) is 0 Å². The molecule has 138 valence electrons. The number of alkyl halides is 3. The van der Waals surface area contributed by atoms with E-state index in [1.54, 1.807) is 12.1 Å². The number of benzene rings is 2. The Hall–Kier alpha value is -2.90. The quantitative estimate of drug-likeness (QED) is 0.883. The number of carbonyl (C=O) groups is 1. The first-order chi connectivity index (χ1) is 12.4. The first kappa shape index (κ1) is 17.9. The van der Waals surface area contributed by atoms with Crippen LogP contribution in [0.15, 0.2) is 48.5 Å². The van der Waals surface area contributed by atoms with E-state index in [9.17, 15) is 18.0 Å². The lowest BCUT2D eigenvalue weighted by Crippen LogP contribution is -2.41. The van der Waals surface area contributed by atoms with Gasteiger partial charge in [0.15, 0.2) is 11.5 Å². The molecule has 8 heteroatoms. The van der Waals surface area contributed by atoms with E-state index in [2.05, 4.69) is 10.1 Å². The van der Waals surface area contributed by atoms with E-state index >= 15 is 0 Å². The zero-order valence-corrected chi connectivity index (χ0v) is 13.6. The molecule has 0 aromatic heterocycles. The molecule has 1 heterocycles. The van der Waals surface area contributed by atoms with Crippen molar-refractivity contribution >= 4 is 5.91 Å². The summed E-state index contributed by atoms with van der Waals surface area (Å²) >= 11 is 0. The summed E-state index contributed by atoms with van der Waals surface area (Å²) in [5.74, 6) is 0.694. The third-order valence-electron chi connectivity index (χ3n) is 3.62. The van der Waals surface area contributed by atoms with Crippen LogP contribution in [0.2, 0.25) is 0 Å². The Labute approximate surface area is 147 Å². The summed E-state index contributed by atoms with van der Waals surface area (Å²) in [6.07, 6.45) is -5.01. The van der Waals surface area contributed by atoms with Crippen molar-refractivity contribution in [2.75, 3.05) is 13.2 Å². The van der Waals surface area contributed by atoms with Gasteiger partial charge in [-0.3, -0.25) is 4.79 Å². The number of rotatable bonds is 5. The highest BCUT2D eigenvalue weighted by molar-refractivity contribution is 5.78. The van der Waals surface area contributed by atoms with Crippen LogP contribution in [0.5, 0.6) is 17.2 Å². The summed E-state index contributed by atoms with van der Waals surface area (Å²) in [6, 6.07) is 12.4. The van der Waals surface area contributed by atoms with Crippen molar-refractivity contribution in [3.8, 4) is 17.2 Å². The number of hydrogen-bond acceptors (Lipinski definition) is 4. The lowest BCUT2D eigenvalue weighted by molar-refractivity contribution is -0.274. The number of hydrogen-bond donors (Lipinski definition) is 1. The van der Waals surface area contributed by atoms with Crippen LogP contribution in [-0.2, 0) is 11.2 Å². The molecule has 2 aromatic rings. The fourth-order valence-electron chi connectivity index (χ4n) is 2.45. The monoisotopic (exact) mass is 367 g/mol. The van der Waals surface area contributed by atoms with Gasteiger partial charge in [0, 0.05) is 0 Å². The van der Waals surface area contributed by atoms with Crippen LogP contribution < -0.4 is 19.5 Å². The maximum absolute atomic E-state index is 12.1. The van der Waals surface area contributed by atoms with E-state index in [0.717, 1.165) is 0 Å². The minimum atomic E-state index is -4.74.